The van der Waals surface area contributed by atoms with Crippen LogP contribution in [0.25, 0.3) is 21.8 Å². The molecule has 4 aromatic rings. The summed E-state index contributed by atoms with van der Waals surface area (Å²) in [5.41, 5.74) is 3.48. The molecule has 0 spiro atoms. The van der Waals surface area contributed by atoms with E-state index in [2.05, 4.69) is 5.32 Å². The average molecular weight is 443 g/mol. The normalized spacial score (nSPS) is 14.8. The Kier molecular flexibility index (Phi) is 5.50. The Morgan fingerprint density at radius 3 is 2.42 bits per heavy atom. The van der Waals surface area contributed by atoms with Crippen LogP contribution >= 0.6 is 0 Å². The minimum atomic E-state index is -0.147. The molecule has 0 radical (unpaired) electrons. The first-order valence-corrected chi connectivity index (χ1v) is 11.3. The largest absolute Gasteiger partial charge is 0.494 e. The maximum atomic E-state index is 13.0. The van der Waals surface area contributed by atoms with Crippen LogP contribution in [0.2, 0.25) is 0 Å². The highest BCUT2D eigenvalue weighted by Crippen LogP contribution is 2.35. The van der Waals surface area contributed by atoms with Gasteiger partial charge in [0.25, 0.3) is 0 Å². The molecule has 0 bridgehead atoms. The molecule has 1 amide bonds. The van der Waals surface area contributed by atoms with Crippen molar-refractivity contribution in [2.45, 2.75) is 39.5 Å². The van der Waals surface area contributed by atoms with E-state index in [4.69, 9.17) is 9.47 Å². The van der Waals surface area contributed by atoms with Gasteiger partial charge in [-0.25, -0.2) is 0 Å². The summed E-state index contributed by atoms with van der Waals surface area (Å²) in [6, 6.07) is 18.8. The van der Waals surface area contributed by atoms with Crippen LogP contribution in [0.1, 0.15) is 25.0 Å². The van der Waals surface area contributed by atoms with Crippen molar-refractivity contribution >= 4 is 27.7 Å². The third-order valence-corrected chi connectivity index (χ3v) is 6.04. The van der Waals surface area contributed by atoms with Crippen LogP contribution in [0.3, 0.4) is 0 Å². The third-order valence-electron chi connectivity index (χ3n) is 6.04. The first-order chi connectivity index (χ1) is 16.0. The van der Waals surface area contributed by atoms with Gasteiger partial charge in [-0.1, -0.05) is 24.3 Å². The number of amides is 1. The van der Waals surface area contributed by atoms with Crippen molar-refractivity contribution in [1.29, 1.82) is 0 Å². The standard InChI is InChI=1S/C27H26N2O4/c1-3-32-24-13-18-12-17(2)33-25(18)14-19(24)15-28-26(30)16-29-22-10-6-4-8-20(22)27(31)21-9-5-7-11-23(21)29/h4-11,13-14,17H,3,12,15-16H2,1-2H3,(H,28,30)/t17-/m1/s1. The van der Waals surface area contributed by atoms with Gasteiger partial charge in [-0.3, -0.25) is 9.59 Å². The number of fused-ring (bicyclic) bond motifs is 3. The average Bonchev–Trinajstić information content (AvgIpc) is 3.19. The van der Waals surface area contributed by atoms with E-state index in [0.717, 1.165) is 40.1 Å². The number of carbonyl (C=O) groups is 1. The van der Waals surface area contributed by atoms with Crippen molar-refractivity contribution in [2.75, 3.05) is 6.61 Å². The number of ether oxygens (including phenoxy) is 2. The van der Waals surface area contributed by atoms with Crippen molar-refractivity contribution < 1.29 is 14.3 Å². The Balaban J connectivity index is 1.43. The minimum Gasteiger partial charge on any atom is -0.494 e. The number of hydrogen-bond donors (Lipinski definition) is 1. The number of rotatable bonds is 6. The number of aromatic nitrogens is 1. The second kappa shape index (κ2) is 8.62. The summed E-state index contributed by atoms with van der Waals surface area (Å²) in [5, 5.41) is 4.23. The maximum absolute atomic E-state index is 13.0. The van der Waals surface area contributed by atoms with Gasteiger partial charge in [-0.15, -0.1) is 0 Å². The number of carbonyl (C=O) groups excluding carboxylic acids is 1. The number of pyridine rings is 1. The third kappa shape index (κ3) is 3.93. The lowest BCUT2D eigenvalue weighted by molar-refractivity contribution is -0.121. The maximum Gasteiger partial charge on any atom is 0.240 e. The summed E-state index contributed by atoms with van der Waals surface area (Å²) in [5.74, 6) is 1.48. The van der Waals surface area contributed by atoms with Crippen molar-refractivity contribution in [1.82, 2.24) is 9.88 Å². The number of para-hydroxylation sites is 2. The van der Waals surface area contributed by atoms with Gasteiger partial charge in [-0.05, 0) is 50.2 Å². The summed E-state index contributed by atoms with van der Waals surface area (Å²) < 4.78 is 13.6. The Hall–Kier alpha value is -3.80. The molecule has 6 nitrogen and oxygen atoms in total. The predicted octanol–water partition coefficient (Wildman–Crippen LogP) is 4.19. The number of nitrogens with one attached hydrogen (secondary N) is 1. The van der Waals surface area contributed by atoms with Crippen LogP contribution in [-0.4, -0.2) is 23.2 Å². The van der Waals surface area contributed by atoms with E-state index in [1.807, 2.05) is 66.9 Å². The molecule has 33 heavy (non-hydrogen) atoms. The molecule has 6 heteroatoms. The van der Waals surface area contributed by atoms with Gasteiger partial charge in [0.05, 0.1) is 17.6 Å². The molecule has 0 saturated carbocycles. The predicted molar refractivity (Wildman–Crippen MR) is 129 cm³/mol. The van der Waals surface area contributed by atoms with Crippen molar-refractivity contribution in [3.05, 3.63) is 82.0 Å². The molecule has 0 fully saturated rings. The topological polar surface area (TPSA) is 69.6 Å². The van der Waals surface area contributed by atoms with E-state index >= 15 is 0 Å². The fraction of sp³-hybridized carbons (Fsp3) is 0.259. The Labute approximate surface area is 191 Å². The second-order valence-electron chi connectivity index (χ2n) is 8.36. The van der Waals surface area contributed by atoms with Gasteiger partial charge in [0.15, 0.2) is 5.43 Å². The quantitative estimate of drug-likeness (QED) is 0.455. The molecule has 3 aromatic carbocycles. The van der Waals surface area contributed by atoms with Gasteiger partial charge in [0.2, 0.25) is 5.91 Å². The zero-order valence-corrected chi connectivity index (χ0v) is 18.8. The van der Waals surface area contributed by atoms with Crippen LogP contribution in [0, 0.1) is 0 Å². The smallest absolute Gasteiger partial charge is 0.240 e. The molecule has 1 aliphatic rings. The van der Waals surface area contributed by atoms with Gasteiger partial charge in [0, 0.05) is 34.9 Å². The fourth-order valence-electron chi connectivity index (χ4n) is 4.55. The van der Waals surface area contributed by atoms with E-state index < -0.39 is 0 Å². The molecule has 1 N–H and O–H groups in total. The highest BCUT2D eigenvalue weighted by molar-refractivity contribution is 5.94. The summed E-state index contributed by atoms with van der Waals surface area (Å²) in [6.45, 7) is 4.96. The minimum absolute atomic E-state index is 0.0217. The van der Waals surface area contributed by atoms with Gasteiger partial charge in [-0.2, -0.15) is 0 Å². The fourth-order valence-corrected chi connectivity index (χ4v) is 4.55. The Morgan fingerprint density at radius 2 is 1.76 bits per heavy atom. The molecule has 2 heterocycles. The first-order valence-electron chi connectivity index (χ1n) is 11.3. The molecular formula is C27H26N2O4. The number of hydrogen-bond acceptors (Lipinski definition) is 4. The van der Waals surface area contributed by atoms with Crippen LogP contribution in [0.4, 0.5) is 0 Å². The highest BCUT2D eigenvalue weighted by Gasteiger charge is 2.22. The van der Waals surface area contributed by atoms with E-state index in [-0.39, 0.29) is 24.0 Å². The molecule has 0 aliphatic carbocycles. The first kappa shape index (κ1) is 21.1. The summed E-state index contributed by atoms with van der Waals surface area (Å²) >= 11 is 0. The van der Waals surface area contributed by atoms with Crippen molar-refractivity contribution in [3.8, 4) is 11.5 Å². The zero-order valence-electron chi connectivity index (χ0n) is 18.8. The summed E-state index contributed by atoms with van der Waals surface area (Å²) in [6.07, 6.45) is 0.996. The molecule has 1 aromatic heterocycles. The number of nitrogens with zero attached hydrogens (tertiary/aromatic N) is 1. The van der Waals surface area contributed by atoms with E-state index in [1.165, 1.54) is 0 Å². The molecule has 168 valence electrons. The molecule has 0 saturated heterocycles. The number of benzene rings is 3. The Morgan fingerprint density at radius 1 is 1.09 bits per heavy atom. The SMILES string of the molecule is CCOc1cc2c(cc1CNC(=O)Cn1c3ccccc3c(=O)c3ccccc31)O[C@H](C)C2. The van der Waals surface area contributed by atoms with Crippen LogP contribution in [0.15, 0.2) is 65.5 Å². The lowest BCUT2D eigenvalue weighted by Gasteiger charge is -2.16. The van der Waals surface area contributed by atoms with E-state index in [1.54, 1.807) is 12.1 Å². The molecule has 1 aliphatic heterocycles. The molecule has 5 rings (SSSR count). The monoisotopic (exact) mass is 442 g/mol. The summed E-state index contributed by atoms with van der Waals surface area (Å²) in [4.78, 5) is 25.9. The van der Waals surface area contributed by atoms with Crippen LogP contribution < -0.4 is 20.2 Å². The second-order valence-corrected chi connectivity index (χ2v) is 8.36. The molecule has 1 atom stereocenters. The zero-order chi connectivity index (χ0) is 22.9. The van der Waals surface area contributed by atoms with Gasteiger partial charge in [0.1, 0.15) is 24.1 Å². The van der Waals surface area contributed by atoms with E-state index in [9.17, 15) is 9.59 Å². The lowest BCUT2D eigenvalue weighted by atomic mass is 10.1. The van der Waals surface area contributed by atoms with Gasteiger partial charge < -0.3 is 19.4 Å². The molecular weight excluding hydrogens is 416 g/mol. The summed E-state index contributed by atoms with van der Waals surface area (Å²) in [7, 11) is 0. The van der Waals surface area contributed by atoms with Crippen LogP contribution in [0.5, 0.6) is 11.5 Å². The lowest BCUT2D eigenvalue weighted by Crippen LogP contribution is -2.28. The van der Waals surface area contributed by atoms with Crippen molar-refractivity contribution in [3.63, 3.8) is 0 Å². The van der Waals surface area contributed by atoms with Crippen molar-refractivity contribution in [2.24, 2.45) is 0 Å². The highest BCUT2D eigenvalue weighted by atomic mass is 16.5. The Bertz CT molecular complexity index is 1360. The molecule has 0 unspecified atom stereocenters. The van der Waals surface area contributed by atoms with E-state index in [0.29, 0.717) is 23.9 Å². The van der Waals surface area contributed by atoms with Gasteiger partial charge >= 0.3 is 0 Å². The van der Waals surface area contributed by atoms with Crippen LogP contribution in [-0.2, 0) is 24.3 Å².